The lowest BCUT2D eigenvalue weighted by molar-refractivity contribution is 0.411. The minimum atomic E-state index is 0.382. The summed E-state index contributed by atoms with van der Waals surface area (Å²) in [5, 5.41) is 0. The summed E-state index contributed by atoms with van der Waals surface area (Å²) in [7, 11) is 0. The van der Waals surface area contributed by atoms with Crippen LogP contribution in [0.25, 0.3) is 0 Å². The first-order valence-corrected chi connectivity index (χ1v) is 7.10. The van der Waals surface area contributed by atoms with Crippen molar-refractivity contribution in [3.63, 3.8) is 0 Å². The number of pyridine rings is 1. The van der Waals surface area contributed by atoms with E-state index in [1.165, 1.54) is 18.4 Å². The van der Waals surface area contributed by atoms with Crippen LogP contribution in [0.5, 0.6) is 0 Å². The van der Waals surface area contributed by atoms with Crippen LogP contribution in [0.3, 0.4) is 0 Å². The van der Waals surface area contributed by atoms with Crippen molar-refractivity contribution in [3.8, 4) is 0 Å². The summed E-state index contributed by atoms with van der Waals surface area (Å²) >= 11 is 3.65. The molecule has 2 unspecified atom stereocenters. The highest BCUT2D eigenvalue weighted by molar-refractivity contribution is 9.10. The second-order valence-electron chi connectivity index (χ2n) is 5.34. The predicted molar refractivity (Wildman–Crippen MR) is 73.2 cm³/mol. The Labute approximate surface area is 111 Å². The van der Waals surface area contributed by atoms with E-state index in [0.29, 0.717) is 18.1 Å². The van der Waals surface area contributed by atoms with Crippen LogP contribution in [0.1, 0.15) is 31.2 Å². The van der Waals surface area contributed by atoms with Crippen LogP contribution in [0, 0.1) is 6.92 Å². The maximum absolute atomic E-state index is 6.10. The van der Waals surface area contributed by atoms with Gasteiger partial charge in [-0.25, -0.2) is 4.98 Å². The third kappa shape index (κ3) is 1.97. The van der Waals surface area contributed by atoms with Crippen LogP contribution in [0.4, 0.5) is 5.82 Å². The monoisotopic (exact) mass is 295 g/mol. The molecule has 1 aromatic heterocycles. The van der Waals surface area contributed by atoms with Gasteiger partial charge in [-0.05, 0) is 60.2 Å². The van der Waals surface area contributed by atoms with Crippen LogP contribution in [0.2, 0.25) is 0 Å². The van der Waals surface area contributed by atoms with Crippen molar-refractivity contribution in [3.05, 3.63) is 22.3 Å². The number of nitrogens with zero attached hydrogens (tertiary/aromatic N) is 2. The number of nitrogens with two attached hydrogens (primary N) is 1. The number of anilines is 1. The summed E-state index contributed by atoms with van der Waals surface area (Å²) in [6, 6.07) is 3.72. The lowest BCUT2D eigenvalue weighted by Gasteiger charge is -2.39. The van der Waals surface area contributed by atoms with E-state index in [2.05, 4.69) is 38.8 Å². The van der Waals surface area contributed by atoms with E-state index in [1.54, 1.807) is 0 Å². The highest BCUT2D eigenvalue weighted by Crippen LogP contribution is 2.40. The zero-order valence-electron chi connectivity index (χ0n) is 10.1. The molecule has 0 spiro atoms. The van der Waals surface area contributed by atoms with Crippen molar-refractivity contribution in [1.82, 2.24) is 4.98 Å². The van der Waals surface area contributed by atoms with Gasteiger partial charge in [-0.2, -0.15) is 0 Å². The van der Waals surface area contributed by atoms with Crippen LogP contribution in [-0.2, 0) is 0 Å². The molecule has 2 aliphatic rings. The first-order chi connectivity index (χ1) is 8.15. The minimum Gasteiger partial charge on any atom is -0.350 e. The highest BCUT2D eigenvalue weighted by atomic mass is 79.9. The number of fused-ring (bicyclic) bond motifs is 2. The van der Waals surface area contributed by atoms with Crippen molar-refractivity contribution >= 4 is 21.7 Å². The van der Waals surface area contributed by atoms with E-state index in [1.807, 2.05) is 6.20 Å². The number of hydrogen-bond acceptors (Lipinski definition) is 3. The molecule has 1 aromatic rings. The van der Waals surface area contributed by atoms with Gasteiger partial charge < -0.3 is 10.6 Å². The fourth-order valence-corrected chi connectivity index (χ4v) is 3.95. The van der Waals surface area contributed by atoms with Gasteiger partial charge in [-0.1, -0.05) is 0 Å². The number of rotatable bonds is 1. The Morgan fingerprint density at radius 1 is 1.35 bits per heavy atom. The standard InChI is InChI=1S/C13H18BrN3/c1-8-4-12(14)13(16-7-8)17-10-2-3-11(17)6-9(15)5-10/h4,7,9-11H,2-3,5-6,15H2,1H3. The van der Waals surface area contributed by atoms with Crippen molar-refractivity contribution in [2.45, 2.75) is 50.7 Å². The molecule has 0 saturated carbocycles. The zero-order valence-corrected chi connectivity index (χ0v) is 11.7. The largest absolute Gasteiger partial charge is 0.350 e. The molecule has 3 nitrogen and oxygen atoms in total. The van der Waals surface area contributed by atoms with Crippen molar-refractivity contribution in [2.75, 3.05) is 4.90 Å². The predicted octanol–water partition coefficient (Wildman–Crippen LogP) is 2.61. The van der Waals surface area contributed by atoms with Gasteiger partial charge in [0.15, 0.2) is 0 Å². The highest BCUT2D eigenvalue weighted by Gasteiger charge is 2.40. The zero-order chi connectivity index (χ0) is 12.0. The van der Waals surface area contributed by atoms with Gasteiger partial charge in [-0.15, -0.1) is 0 Å². The van der Waals surface area contributed by atoms with E-state index in [0.717, 1.165) is 23.1 Å². The molecule has 2 fully saturated rings. The summed E-state index contributed by atoms with van der Waals surface area (Å²) in [6.07, 6.45) is 6.70. The molecular formula is C13H18BrN3. The fourth-order valence-electron chi connectivity index (χ4n) is 3.28. The summed E-state index contributed by atoms with van der Waals surface area (Å²) < 4.78 is 1.12. The van der Waals surface area contributed by atoms with E-state index >= 15 is 0 Å². The minimum absolute atomic E-state index is 0.382. The van der Waals surface area contributed by atoms with Gasteiger partial charge in [0.2, 0.25) is 0 Å². The number of aryl methyl sites for hydroxylation is 1. The van der Waals surface area contributed by atoms with E-state index in [-0.39, 0.29) is 0 Å². The van der Waals surface area contributed by atoms with Crippen molar-refractivity contribution in [2.24, 2.45) is 5.73 Å². The summed E-state index contributed by atoms with van der Waals surface area (Å²) in [5.74, 6) is 1.11. The fraction of sp³-hybridized carbons (Fsp3) is 0.615. The van der Waals surface area contributed by atoms with Crippen molar-refractivity contribution in [1.29, 1.82) is 0 Å². The Bertz CT molecular complexity index is 421. The molecular weight excluding hydrogens is 278 g/mol. The van der Waals surface area contributed by atoms with E-state index in [4.69, 9.17) is 5.73 Å². The molecule has 0 radical (unpaired) electrons. The van der Waals surface area contributed by atoms with Crippen molar-refractivity contribution < 1.29 is 0 Å². The van der Waals surface area contributed by atoms with Gasteiger partial charge >= 0.3 is 0 Å². The third-order valence-corrected chi connectivity index (χ3v) is 4.56. The first kappa shape index (κ1) is 11.5. The van der Waals surface area contributed by atoms with E-state index in [9.17, 15) is 0 Å². The molecule has 0 aromatic carbocycles. The maximum Gasteiger partial charge on any atom is 0.143 e. The Morgan fingerprint density at radius 2 is 2.00 bits per heavy atom. The topological polar surface area (TPSA) is 42.2 Å². The normalized spacial score (nSPS) is 31.9. The maximum atomic E-state index is 6.10. The van der Waals surface area contributed by atoms with Crippen LogP contribution in [-0.4, -0.2) is 23.1 Å². The lowest BCUT2D eigenvalue weighted by atomic mass is 9.98. The Balaban J connectivity index is 1.94. The van der Waals surface area contributed by atoms with Gasteiger partial charge in [0, 0.05) is 24.3 Å². The van der Waals surface area contributed by atoms with Gasteiger partial charge in [0.05, 0.1) is 4.47 Å². The second kappa shape index (κ2) is 4.25. The molecule has 0 amide bonds. The number of halogens is 1. The number of piperidine rings is 1. The molecule has 0 aliphatic carbocycles. The average Bonchev–Trinajstić information content (AvgIpc) is 2.53. The van der Waals surface area contributed by atoms with Gasteiger partial charge in [0.25, 0.3) is 0 Å². The van der Waals surface area contributed by atoms with Crippen LogP contribution < -0.4 is 10.6 Å². The molecule has 92 valence electrons. The summed E-state index contributed by atoms with van der Waals surface area (Å²) in [4.78, 5) is 7.10. The average molecular weight is 296 g/mol. The van der Waals surface area contributed by atoms with E-state index < -0.39 is 0 Å². The Morgan fingerprint density at radius 3 is 2.59 bits per heavy atom. The summed E-state index contributed by atoms with van der Waals surface area (Å²) in [5.41, 5.74) is 7.30. The number of hydrogen-bond donors (Lipinski definition) is 1. The Hall–Kier alpha value is -0.610. The first-order valence-electron chi connectivity index (χ1n) is 6.31. The quantitative estimate of drug-likeness (QED) is 0.866. The lowest BCUT2D eigenvalue weighted by Crippen LogP contribution is -2.48. The SMILES string of the molecule is Cc1cnc(N2C3CCC2CC(N)C3)c(Br)c1. The van der Waals surface area contributed by atoms with Gasteiger partial charge in [-0.3, -0.25) is 0 Å². The molecule has 4 heteroatoms. The number of aromatic nitrogens is 1. The van der Waals surface area contributed by atoms with Gasteiger partial charge in [0.1, 0.15) is 5.82 Å². The molecule has 17 heavy (non-hydrogen) atoms. The van der Waals surface area contributed by atoms with Crippen LogP contribution >= 0.6 is 15.9 Å². The molecule has 2 N–H and O–H groups in total. The smallest absolute Gasteiger partial charge is 0.143 e. The Kier molecular flexibility index (Phi) is 2.87. The molecule has 2 atom stereocenters. The molecule has 2 bridgehead atoms. The molecule has 3 heterocycles. The molecule has 2 aliphatic heterocycles. The summed E-state index contributed by atoms with van der Waals surface area (Å²) in [6.45, 7) is 2.07. The molecule has 2 saturated heterocycles. The van der Waals surface area contributed by atoms with Crippen LogP contribution in [0.15, 0.2) is 16.7 Å². The third-order valence-electron chi connectivity index (χ3n) is 3.97. The second-order valence-corrected chi connectivity index (χ2v) is 6.20. The molecule has 3 rings (SSSR count).